The molecular formula is C11H19N3S2. The van der Waals surface area contributed by atoms with E-state index in [2.05, 4.69) is 28.6 Å². The van der Waals surface area contributed by atoms with E-state index in [-0.39, 0.29) is 0 Å². The second-order valence-corrected chi connectivity index (χ2v) is 6.52. The van der Waals surface area contributed by atoms with Crippen LogP contribution in [-0.2, 0) is 6.42 Å². The van der Waals surface area contributed by atoms with E-state index in [1.165, 1.54) is 25.7 Å². The lowest BCUT2D eigenvalue weighted by atomic mass is 9.95. The van der Waals surface area contributed by atoms with Crippen molar-refractivity contribution in [1.29, 1.82) is 0 Å². The molecule has 1 saturated carbocycles. The average molecular weight is 257 g/mol. The molecule has 0 saturated heterocycles. The summed E-state index contributed by atoms with van der Waals surface area (Å²) < 4.78 is 5.48. The second kappa shape index (κ2) is 5.98. The number of hydrogen-bond donors (Lipinski definition) is 1. The van der Waals surface area contributed by atoms with Gasteiger partial charge in [0.1, 0.15) is 5.82 Å². The van der Waals surface area contributed by atoms with Gasteiger partial charge in [0, 0.05) is 17.7 Å². The Morgan fingerprint density at radius 3 is 3.06 bits per heavy atom. The minimum Gasteiger partial charge on any atom is -0.317 e. The Balaban J connectivity index is 1.88. The second-order valence-electron chi connectivity index (χ2n) is 4.22. The van der Waals surface area contributed by atoms with Crippen LogP contribution in [0.1, 0.15) is 38.4 Å². The van der Waals surface area contributed by atoms with Crippen molar-refractivity contribution in [3.63, 3.8) is 0 Å². The number of thioether (sulfide) groups is 1. The van der Waals surface area contributed by atoms with Crippen molar-refractivity contribution in [1.82, 2.24) is 14.7 Å². The average Bonchev–Trinajstić information content (AvgIpc) is 2.77. The van der Waals surface area contributed by atoms with Crippen molar-refractivity contribution in [3.05, 3.63) is 5.82 Å². The van der Waals surface area contributed by atoms with Gasteiger partial charge in [0.25, 0.3) is 0 Å². The van der Waals surface area contributed by atoms with Crippen LogP contribution in [0.4, 0.5) is 0 Å². The molecule has 1 aromatic rings. The van der Waals surface area contributed by atoms with E-state index in [0.717, 1.165) is 21.8 Å². The maximum atomic E-state index is 4.52. The summed E-state index contributed by atoms with van der Waals surface area (Å²) in [6.07, 6.45) is 6.19. The maximum absolute atomic E-state index is 4.52. The van der Waals surface area contributed by atoms with Crippen molar-refractivity contribution in [2.45, 2.75) is 54.7 Å². The molecule has 3 nitrogen and oxygen atoms in total. The smallest absolute Gasteiger partial charge is 0.170 e. The van der Waals surface area contributed by atoms with Gasteiger partial charge >= 0.3 is 0 Å². The number of aromatic nitrogens is 2. The zero-order valence-electron chi connectivity index (χ0n) is 9.90. The fraction of sp³-hybridized carbons (Fsp3) is 0.818. The molecule has 0 aromatic carbocycles. The lowest BCUT2D eigenvalue weighted by molar-refractivity contribution is 0.402. The summed E-state index contributed by atoms with van der Waals surface area (Å²) in [4.78, 5) is 4.52. The Morgan fingerprint density at radius 1 is 1.50 bits per heavy atom. The first-order valence-electron chi connectivity index (χ1n) is 5.98. The van der Waals surface area contributed by atoms with Crippen LogP contribution in [0.2, 0.25) is 0 Å². The largest absolute Gasteiger partial charge is 0.317 e. The molecule has 0 spiro atoms. The highest BCUT2D eigenvalue weighted by molar-refractivity contribution is 8.01. The minimum absolute atomic E-state index is 0.699. The first-order valence-corrected chi connectivity index (χ1v) is 7.63. The zero-order chi connectivity index (χ0) is 11.4. The third-order valence-electron chi connectivity index (χ3n) is 3.07. The van der Waals surface area contributed by atoms with Crippen LogP contribution in [0.5, 0.6) is 0 Å². The van der Waals surface area contributed by atoms with Crippen molar-refractivity contribution in [3.8, 4) is 0 Å². The number of nitrogens with zero attached hydrogens (tertiary/aromatic N) is 2. The first-order chi connectivity index (χ1) is 7.81. The van der Waals surface area contributed by atoms with Gasteiger partial charge in [-0.2, -0.15) is 4.37 Å². The third kappa shape index (κ3) is 3.18. The van der Waals surface area contributed by atoms with Crippen LogP contribution < -0.4 is 5.32 Å². The Bertz CT molecular complexity index is 327. The van der Waals surface area contributed by atoms with Crippen molar-refractivity contribution < 1.29 is 0 Å². The van der Waals surface area contributed by atoms with E-state index in [0.29, 0.717) is 6.04 Å². The topological polar surface area (TPSA) is 37.8 Å². The normalized spacial score (nSPS) is 25.9. The molecule has 1 N–H and O–H groups in total. The standard InChI is InChI=1S/C11H19N3S2/c1-3-10-13-11(16-14-10)15-9-6-4-5-8(7-9)12-2/h8-9,12H,3-7H2,1-2H3. The summed E-state index contributed by atoms with van der Waals surface area (Å²) >= 11 is 3.48. The van der Waals surface area contributed by atoms with Gasteiger partial charge in [0.05, 0.1) is 0 Å². The molecular weight excluding hydrogens is 238 g/mol. The molecule has 0 radical (unpaired) electrons. The summed E-state index contributed by atoms with van der Waals surface area (Å²) in [6.45, 7) is 2.11. The molecule has 0 bridgehead atoms. The molecule has 1 aliphatic carbocycles. The summed E-state index contributed by atoms with van der Waals surface area (Å²) in [5.41, 5.74) is 0. The molecule has 90 valence electrons. The monoisotopic (exact) mass is 257 g/mol. The lowest BCUT2D eigenvalue weighted by Crippen LogP contribution is -2.32. The van der Waals surface area contributed by atoms with Gasteiger partial charge in [-0.25, -0.2) is 4.98 Å². The van der Waals surface area contributed by atoms with Gasteiger partial charge in [0.15, 0.2) is 4.34 Å². The highest BCUT2D eigenvalue weighted by atomic mass is 32.2. The van der Waals surface area contributed by atoms with Crippen LogP contribution in [0, 0.1) is 0 Å². The predicted octanol–water partition coefficient (Wildman–Crippen LogP) is 2.72. The molecule has 5 heteroatoms. The van der Waals surface area contributed by atoms with E-state index < -0.39 is 0 Å². The molecule has 0 aliphatic heterocycles. The fourth-order valence-corrected chi connectivity index (χ4v) is 4.33. The van der Waals surface area contributed by atoms with E-state index >= 15 is 0 Å². The Hall–Kier alpha value is -0.130. The number of nitrogens with one attached hydrogen (secondary N) is 1. The van der Waals surface area contributed by atoms with Gasteiger partial charge < -0.3 is 5.32 Å². The Morgan fingerprint density at radius 2 is 2.38 bits per heavy atom. The van der Waals surface area contributed by atoms with E-state index in [4.69, 9.17) is 0 Å². The molecule has 1 heterocycles. The summed E-state index contributed by atoms with van der Waals surface area (Å²) in [6, 6.07) is 0.699. The van der Waals surface area contributed by atoms with E-state index in [9.17, 15) is 0 Å². The van der Waals surface area contributed by atoms with Crippen LogP contribution >= 0.6 is 23.3 Å². The zero-order valence-corrected chi connectivity index (χ0v) is 11.5. The molecule has 2 atom stereocenters. The van der Waals surface area contributed by atoms with Gasteiger partial charge in [-0.15, -0.1) is 0 Å². The molecule has 0 amide bonds. The number of rotatable bonds is 4. The summed E-state index contributed by atoms with van der Waals surface area (Å²) in [5.74, 6) is 0.994. The quantitative estimate of drug-likeness (QED) is 0.900. The minimum atomic E-state index is 0.699. The van der Waals surface area contributed by atoms with Crippen LogP contribution in [0.25, 0.3) is 0 Å². The SMILES string of the molecule is CCc1nsc(SC2CCCC(NC)C2)n1. The number of hydrogen-bond acceptors (Lipinski definition) is 5. The number of aryl methyl sites for hydroxylation is 1. The maximum Gasteiger partial charge on any atom is 0.170 e. The summed E-state index contributed by atoms with van der Waals surface area (Å²) in [5, 5.41) is 4.12. The van der Waals surface area contributed by atoms with Gasteiger partial charge in [-0.3, -0.25) is 0 Å². The first kappa shape index (κ1) is 12.3. The molecule has 16 heavy (non-hydrogen) atoms. The highest BCUT2D eigenvalue weighted by Crippen LogP contribution is 2.34. The molecule has 1 aliphatic rings. The van der Waals surface area contributed by atoms with Crippen molar-refractivity contribution in [2.75, 3.05) is 7.05 Å². The fourth-order valence-electron chi connectivity index (χ4n) is 2.09. The van der Waals surface area contributed by atoms with Crippen LogP contribution in [0.15, 0.2) is 4.34 Å². The predicted molar refractivity (Wildman–Crippen MR) is 70.2 cm³/mol. The van der Waals surface area contributed by atoms with Crippen molar-refractivity contribution >= 4 is 23.3 Å². The molecule has 2 rings (SSSR count). The summed E-state index contributed by atoms with van der Waals surface area (Å²) in [7, 11) is 2.07. The van der Waals surface area contributed by atoms with Gasteiger partial charge in [-0.05, 0) is 37.8 Å². The molecule has 1 aromatic heterocycles. The highest BCUT2D eigenvalue weighted by Gasteiger charge is 2.22. The van der Waals surface area contributed by atoms with E-state index in [1.54, 1.807) is 11.5 Å². The van der Waals surface area contributed by atoms with Crippen molar-refractivity contribution in [2.24, 2.45) is 0 Å². The van der Waals surface area contributed by atoms with Gasteiger partial charge in [0.2, 0.25) is 0 Å². The van der Waals surface area contributed by atoms with Gasteiger partial charge in [-0.1, -0.05) is 25.1 Å². The van der Waals surface area contributed by atoms with Crippen LogP contribution in [0.3, 0.4) is 0 Å². The lowest BCUT2D eigenvalue weighted by Gasteiger charge is -2.27. The van der Waals surface area contributed by atoms with Crippen LogP contribution in [-0.4, -0.2) is 27.7 Å². The van der Waals surface area contributed by atoms with E-state index in [1.807, 2.05) is 11.8 Å². The molecule has 2 unspecified atom stereocenters. The molecule has 1 fully saturated rings. The Kier molecular flexibility index (Phi) is 4.61. The Labute approximate surface area is 106 Å². The third-order valence-corrected chi connectivity index (χ3v) is 5.18.